The highest BCUT2D eigenvalue weighted by Crippen LogP contribution is 2.41. The number of dihydropyridines is 1. The van der Waals surface area contributed by atoms with E-state index < -0.39 is 34.3 Å². The molecule has 11 heteroatoms. The van der Waals surface area contributed by atoms with Crippen molar-refractivity contribution in [1.29, 1.82) is 0 Å². The Bertz CT molecular complexity index is 1520. The molecule has 10 nitrogen and oxygen atoms in total. The third-order valence-electron chi connectivity index (χ3n) is 6.43. The Morgan fingerprint density at radius 3 is 2.45 bits per heavy atom. The van der Waals surface area contributed by atoms with Gasteiger partial charge in [0.15, 0.2) is 0 Å². The fraction of sp³-hybridized carbons (Fsp3) is 0.207. The van der Waals surface area contributed by atoms with E-state index in [1.54, 1.807) is 38.5 Å². The van der Waals surface area contributed by atoms with Crippen molar-refractivity contribution in [3.63, 3.8) is 0 Å². The van der Waals surface area contributed by atoms with Crippen LogP contribution in [0.5, 0.6) is 0 Å². The first-order chi connectivity index (χ1) is 19.2. The van der Waals surface area contributed by atoms with E-state index in [9.17, 15) is 19.7 Å². The number of halogens is 1. The summed E-state index contributed by atoms with van der Waals surface area (Å²) in [5.74, 6) is -4.05. The largest absolute Gasteiger partial charge is 0.466 e. The molecule has 2 aromatic carbocycles. The maximum absolute atomic E-state index is 15.3. The van der Waals surface area contributed by atoms with E-state index in [1.165, 1.54) is 12.1 Å². The summed E-state index contributed by atoms with van der Waals surface area (Å²) in [6, 6.07) is 11.4. The van der Waals surface area contributed by atoms with Crippen LogP contribution in [0, 0.1) is 15.9 Å². The molecule has 0 saturated heterocycles. The number of ether oxygens (including phenoxy) is 2. The van der Waals surface area contributed by atoms with Crippen molar-refractivity contribution in [2.45, 2.75) is 26.3 Å². The van der Waals surface area contributed by atoms with Crippen molar-refractivity contribution in [1.82, 2.24) is 14.9 Å². The molecule has 1 aliphatic heterocycles. The van der Waals surface area contributed by atoms with Crippen LogP contribution in [-0.2, 0) is 25.6 Å². The third kappa shape index (κ3) is 5.98. The smallest absolute Gasteiger partial charge is 0.337 e. The zero-order chi connectivity index (χ0) is 28.8. The summed E-state index contributed by atoms with van der Waals surface area (Å²) < 4.78 is 27.7. The van der Waals surface area contributed by atoms with Crippen molar-refractivity contribution in [3.05, 3.63) is 122 Å². The van der Waals surface area contributed by atoms with Crippen LogP contribution in [0.4, 0.5) is 10.1 Å². The highest BCUT2D eigenvalue weighted by Gasteiger charge is 2.40. The molecule has 0 bridgehead atoms. The van der Waals surface area contributed by atoms with E-state index in [4.69, 9.17) is 9.47 Å². The van der Waals surface area contributed by atoms with E-state index in [0.717, 1.165) is 24.3 Å². The minimum Gasteiger partial charge on any atom is -0.466 e. The predicted octanol–water partition coefficient (Wildman–Crippen LogP) is 4.64. The number of benzene rings is 2. The molecule has 206 valence electrons. The van der Waals surface area contributed by atoms with E-state index in [2.05, 4.69) is 10.3 Å². The summed E-state index contributed by atoms with van der Waals surface area (Å²) in [4.78, 5) is 40.6. The quantitative estimate of drug-likeness (QED) is 0.234. The molecule has 40 heavy (non-hydrogen) atoms. The molecule has 0 aliphatic carbocycles. The summed E-state index contributed by atoms with van der Waals surface area (Å²) in [5, 5.41) is 14.3. The number of hydrogen-bond donors (Lipinski definition) is 1. The first-order valence-corrected chi connectivity index (χ1v) is 12.3. The normalized spacial score (nSPS) is 15.2. The van der Waals surface area contributed by atoms with Gasteiger partial charge in [-0.1, -0.05) is 42.5 Å². The molecule has 0 radical (unpaired) electrons. The molecule has 1 unspecified atom stereocenters. The fourth-order valence-corrected chi connectivity index (χ4v) is 4.57. The summed E-state index contributed by atoms with van der Waals surface area (Å²) >= 11 is 0. The monoisotopic (exact) mass is 546 g/mol. The second kappa shape index (κ2) is 12.2. The Morgan fingerprint density at radius 2 is 1.82 bits per heavy atom. The molecule has 1 N–H and O–H groups in total. The molecule has 0 saturated carbocycles. The average molecular weight is 547 g/mol. The minimum atomic E-state index is -1.28. The standard InChI is InChI=1S/C29H27FN4O6/c1-18-24(28(35)39-3)26(22-7-4-8-23(27(22)30)34(37)38)25(19(2)32-18)29(36)40-15-5-6-20-9-11-21(12-10-20)16-33-14-13-31-17-33/h4-14,17,26,32H,15-16H2,1-3H3/b6-5+. The molecule has 2 heterocycles. The third-order valence-corrected chi connectivity index (χ3v) is 6.43. The van der Waals surface area contributed by atoms with Gasteiger partial charge in [-0.15, -0.1) is 0 Å². The SMILES string of the molecule is COC(=O)C1=C(C)NC(C)=C(C(=O)OC/C=C/c2ccc(Cn3ccnc3)cc2)C1c1cccc([N+](=O)[O-])c1F. The Balaban J connectivity index is 1.54. The van der Waals surface area contributed by atoms with E-state index in [-0.39, 0.29) is 23.3 Å². The number of carbonyl (C=O) groups excluding carboxylic acids is 2. The van der Waals surface area contributed by atoms with Crippen LogP contribution in [0.15, 0.2) is 89.8 Å². The van der Waals surface area contributed by atoms with Crippen molar-refractivity contribution in [3.8, 4) is 0 Å². The van der Waals surface area contributed by atoms with Gasteiger partial charge in [0.1, 0.15) is 6.61 Å². The lowest BCUT2D eigenvalue weighted by molar-refractivity contribution is -0.387. The number of nitro benzene ring substituents is 1. The van der Waals surface area contributed by atoms with Crippen LogP contribution < -0.4 is 5.32 Å². The van der Waals surface area contributed by atoms with Crippen molar-refractivity contribution < 1.29 is 28.4 Å². The maximum Gasteiger partial charge on any atom is 0.337 e. The number of imidazole rings is 1. The van der Waals surface area contributed by atoms with Gasteiger partial charge in [0.05, 0.1) is 35.4 Å². The maximum atomic E-state index is 15.3. The van der Waals surface area contributed by atoms with E-state index in [1.807, 2.05) is 35.0 Å². The van der Waals surface area contributed by atoms with Gasteiger partial charge in [-0.25, -0.2) is 14.6 Å². The number of rotatable bonds is 9. The van der Waals surface area contributed by atoms with Crippen LogP contribution in [0.3, 0.4) is 0 Å². The number of aromatic nitrogens is 2. The first kappa shape index (κ1) is 28.0. The molecule has 0 fully saturated rings. The lowest BCUT2D eigenvalue weighted by Crippen LogP contribution is -2.32. The number of methoxy groups -OCH3 is 1. The van der Waals surface area contributed by atoms with Gasteiger partial charge in [-0.05, 0) is 31.1 Å². The second-order valence-corrected chi connectivity index (χ2v) is 9.04. The van der Waals surface area contributed by atoms with Crippen LogP contribution in [0.1, 0.15) is 36.5 Å². The topological polar surface area (TPSA) is 126 Å². The van der Waals surface area contributed by atoms with Gasteiger partial charge < -0.3 is 19.4 Å². The summed E-state index contributed by atoms with van der Waals surface area (Å²) in [6.07, 6.45) is 8.78. The Labute approximate surface area is 229 Å². The van der Waals surface area contributed by atoms with Crippen molar-refractivity contribution in [2.24, 2.45) is 0 Å². The Morgan fingerprint density at radius 1 is 1.12 bits per heavy atom. The van der Waals surface area contributed by atoms with Gasteiger partial charge in [-0.2, -0.15) is 4.39 Å². The zero-order valence-electron chi connectivity index (χ0n) is 22.1. The van der Waals surface area contributed by atoms with Crippen molar-refractivity contribution in [2.75, 3.05) is 13.7 Å². The molecule has 1 aliphatic rings. The predicted molar refractivity (Wildman–Crippen MR) is 144 cm³/mol. The molecule has 0 spiro atoms. The molecule has 3 aromatic rings. The van der Waals surface area contributed by atoms with Crippen LogP contribution >= 0.6 is 0 Å². The highest BCUT2D eigenvalue weighted by atomic mass is 19.1. The lowest BCUT2D eigenvalue weighted by Gasteiger charge is -2.30. The van der Waals surface area contributed by atoms with E-state index >= 15 is 4.39 Å². The fourth-order valence-electron chi connectivity index (χ4n) is 4.57. The number of esters is 2. The summed E-state index contributed by atoms with van der Waals surface area (Å²) in [7, 11) is 1.15. The Kier molecular flexibility index (Phi) is 8.53. The number of hydrogen-bond acceptors (Lipinski definition) is 8. The average Bonchev–Trinajstić information content (AvgIpc) is 3.44. The second-order valence-electron chi connectivity index (χ2n) is 9.04. The van der Waals surface area contributed by atoms with Gasteiger partial charge in [0.2, 0.25) is 5.82 Å². The summed E-state index contributed by atoms with van der Waals surface area (Å²) in [5.41, 5.74) is 1.54. The zero-order valence-corrected chi connectivity index (χ0v) is 22.1. The number of carbonyl (C=O) groups is 2. The van der Waals surface area contributed by atoms with Crippen molar-refractivity contribution >= 4 is 23.7 Å². The van der Waals surface area contributed by atoms with Gasteiger partial charge >= 0.3 is 17.6 Å². The van der Waals surface area contributed by atoms with Crippen LogP contribution in [0.2, 0.25) is 0 Å². The first-order valence-electron chi connectivity index (χ1n) is 12.3. The molecule has 1 atom stereocenters. The number of nitro groups is 1. The van der Waals surface area contributed by atoms with Crippen LogP contribution in [-0.4, -0.2) is 40.1 Å². The molecule has 4 rings (SSSR count). The van der Waals surface area contributed by atoms with E-state index in [0.29, 0.717) is 17.9 Å². The molecule has 0 amide bonds. The van der Waals surface area contributed by atoms with Gasteiger partial charge in [0, 0.05) is 42.0 Å². The number of nitrogens with one attached hydrogen (secondary N) is 1. The van der Waals surface area contributed by atoms with Crippen LogP contribution in [0.25, 0.3) is 6.08 Å². The molecule has 1 aromatic heterocycles. The van der Waals surface area contributed by atoms with Gasteiger partial charge in [0.25, 0.3) is 0 Å². The highest BCUT2D eigenvalue weighted by molar-refractivity contribution is 6.00. The molecular formula is C29H27FN4O6. The number of allylic oxidation sites excluding steroid dienone is 2. The van der Waals surface area contributed by atoms with Gasteiger partial charge in [-0.3, -0.25) is 10.1 Å². The Hall–Kier alpha value is -5.06. The number of nitrogens with zero attached hydrogens (tertiary/aromatic N) is 3. The minimum absolute atomic E-state index is 0.0502. The lowest BCUT2D eigenvalue weighted by atomic mass is 9.80. The summed E-state index contributed by atoms with van der Waals surface area (Å²) in [6.45, 7) is 3.74. The molecular weight excluding hydrogens is 519 g/mol.